The lowest BCUT2D eigenvalue weighted by molar-refractivity contribution is -0.386. The smallest absolute Gasteiger partial charge is 0.313 e. The van der Waals surface area contributed by atoms with Crippen LogP contribution in [0.15, 0.2) is 12.1 Å². The Bertz CT molecular complexity index is 560. The summed E-state index contributed by atoms with van der Waals surface area (Å²) < 4.78 is 4.66. The monoisotopic (exact) mass is 318 g/mol. The number of carbonyl (C=O) groups excluding carboxylic acids is 1. The summed E-state index contributed by atoms with van der Waals surface area (Å²) in [7, 11) is 1.23. The highest BCUT2D eigenvalue weighted by Gasteiger charge is 2.39. The predicted octanol–water partition coefficient (Wildman–Crippen LogP) is 2.23. The fraction of sp³-hybridized carbons (Fsp3) is 0.462. The van der Waals surface area contributed by atoms with Crippen LogP contribution >= 0.6 is 12.4 Å². The van der Waals surface area contributed by atoms with E-state index in [1.165, 1.54) is 26.2 Å². The number of phenolic OH excluding ortho intramolecular Hbond substituents is 1. The number of nitrogens with zero attached hydrogens (tertiary/aromatic N) is 1. The van der Waals surface area contributed by atoms with E-state index in [1.807, 2.05) is 0 Å². The molecular weight excluding hydrogens is 300 g/mol. The van der Waals surface area contributed by atoms with E-state index in [1.54, 1.807) is 13.8 Å². The molecule has 1 rings (SSSR count). The number of ether oxygens (including phenoxy) is 1. The van der Waals surface area contributed by atoms with E-state index in [0.29, 0.717) is 5.56 Å². The summed E-state index contributed by atoms with van der Waals surface area (Å²) in [6, 6.07) is 2.03. The molecule has 1 aromatic carbocycles. The zero-order valence-corrected chi connectivity index (χ0v) is 13.1. The first-order valence-electron chi connectivity index (χ1n) is 5.95. The van der Waals surface area contributed by atoms with Gasteiger partial charge in [0.1, 0.15) is 0 Å². The molecule has 7 nitrogen and oxygen atoms in total. The molecule has 3 N–H and O–H groups in total. The van der Waals surface area contributed by atoms with Gasteiger partial charge in [0, 0.05) is 17.2 Å². The summed E-state index contributed by atoms with van der Waals surface area (Å²) >= 11 is 0. The quantitative estimate of drug-likeness (QED) is 0.499. The lowest BCUT2D eigenvalue weighted by Crippen LogP contribution is -2.37. The number of methoxy groups -OCH3 is 1. The molecule has 0 heterocycles. The maximum absolute atomic E-state index is 11.7. The molecule has 21 heavy (non-hydrogen) atoms. The van der Waals surface area contributed by atoms with Gasteiger partial charge in [-0.15, -0.1) is 12.4 Å². The van der Waals surface area contributed by atoms with Crippen molar-refractivity contribution in [3.63, 3.8) is 0 Å². The van der Waals surface area contributed by atoms with Crippen molar-refractivity contribution < 1.29 is 19.6 Å². The van der Waals surface area contributed by atoms with Gasteiger partial charge in [-0.3, -0.25) is 14.9 Å². The highest BCUT2D eigenvalue weighted by Crippen LogP contribution is 2.41. The van der Waals surface area contributed by atoms with Crippen molar-refractivity contribution in [3.05, 3.63) is 33.4 Å². The molecule has 0 unspecified atom stereocenters. The lowest BCUT2D eigenvalue weighted by Gasteiger charge is -2.29. The van der Waals surface area contributed by atoms with Crippen LogP contribution in [-0.4, -0.2) is 23.1 Å². The number of carbonyl (C=O) groups is 1. The van der Waals surface area contributed by atoms with Crippen LogP contribution in [0.25, 0.3) is 0 Å². The third-order valence-electron chi connectivity index (χ3n) is 3.39. The first kappa shape index (κ1) is 19.1. The largest absolute Gasteiger partial charge is 0.502 e. The summed E-state index contributed by atoms with van der Waals surface area (Å²) in [5.74, 6) is -1.08. The van der Waals surface area contributed by atoms with E-state index >= 15 is 0 Å². The molecule has 0 aliphatic rings. The Labute approximate surface area is 128 Å². The highest BCUT2D eigenvalue weighted by atomic mass is 35.5. The van der Waals surface area contributed by atoms with Crippen LogP contribution in [0.4, 0.5) is 5.69 Å². The first-order valence-corrected chi connectivity index (χ1v) is 5.95. The van der Waals surface area contributed by atoms with Gasteiger partial charge in [-0.05, 0) is 20.8 Å². The molecular formula is C13H19ClN2O5. The first-order chi connectivity index (χ1) is 9.14. The average molecular weight is 319 g/mol. The number of rotatable bonds is 4. The van der Waals surface area contributed by atoms with E-state index < -0.39 is 33.8 Å². The van der Waals surface area contributed by atoms with Crippen molar-refractivity contribution in [2.45, 2.75) is 26.8 Å². The van der Waals surface area contributed by atoms with Crippen LogP contribution in [0, 0.1) is 22.5 Å². The van der Waals surface area contributed by atoms with E-state index in [-0.39, 0.29) is 18.0 Å². The number of phenols is 1. The Hall–Kier alpha value is -1.86. The van der Waals surface area contributed by atoms with Gasteiger partial charge in [0.15, 0.2) is 5.75 Å². The van der Waals surface area contributed by atoms with Crippen molar-refractivity contribution in [1.29, 1.82) is 0 Å². The van der Waals surface area contributed by atoms with Crippen molar-refractivity contribution >= 4 is 24.1 Å². The minimum absolute atomic E-state index is 0. The summed E-state index contributed by atoms with van der Waals surface area (Å²) in [4.78, 5) is 22.0. The molecule has 1 atom stereocenters. The number of nitrogens with two attached hydrogens (primary N) is 1. The molecule has 0 spiro atoms. The Morgan fingerprint density at radius 2 is 2.00 bits per heavy atom. The van der Waals surface area contributed by atoms with E-state index in [4.69, 9.17) is 5.73 Å². The van der Waals surface area contributed by atoms with E-state index in [9.17, 15) is 20.0 Å². The fourth-order valence-corrected chi connectivity index (χ4v) is 1.96. The lowest BCUT2D eigenvalue weighted by atomic mass is 9.80. The number of halogens is 1. The van der Waals surface area contributed by atoms with Gasteiger partial charge < -0.3 is 15.6 Å². The van der Waals surface area contributed by atoms with Crippen LogP contribution in [0.3, 0.4) is 0 Å². The Morgan fingerprint density at radius 1 is 1.48 bits per heavy atom. The highest BCUT2D eigenvalue weighted by molar-refractivity contribution is 5.85. The number of hydrogen-bond donors (Lipinski definition) is 2. The summed E-state index contributed by atoms with van der Waals surface area (Å²) in [5.41, 5.74) is 4.91. The Balaban J connectivity index is 0.00000400. The van der Waals surface area contributed by atoms with Crippen molar-refractivity contribution in [3.8, 4) is 5.75 Å². The normalized spacial score (nSPS) is 12.2. The van der Waals surface area contributed by atoms with Gasteiger partial charge >= 0.3 is 11.7 Å². The van der Waals surface area contributed by atoms with Crippen LogP contribution in [0.1, 0.15) is 31.0 Å². The molecule has 0 fully saturated rings. The molecule has 8 heteroatoms. The number of esters is 1. The van der Waals surface area contributed by atoms with E-state index in [0.717, 1.165) is 0 Å². The molecule has 0 aliphatic heterocycles. The third kappa shape index (κ3) is 3.43. The maximum atomic E-state index is 11.7. The van der Waals surface area contributed by atoms with Gasteiger partial charge in [-0.2, -0.15) is 0 Å². The molecule has 0 aliphatic carbocycles. The molecule has 118 valence electrons. The summed E-state index contributed by atoms with van der Waals surface area (Å²) in [5, 5.41) is 21.0. The molecule has 1 aromatic rings. The van der Waals surface area contributed by atoms with Crippen molar-refractivity contribution in [2.24, 2.45) is 11.1 Å². The third-order valence-corrected chi connectivity index (χ3v) is 3.39. The van der Waals surface area contributed by atoms with Gasteiger partial charge in [-0.1, -0.05) is 12.1 Å². The topological polar surface area (TPSA) is 116 Å². The molecule has 0 saturated heterocycles. The predicted molar refractivity (Wildman–Crippen MR) is 79.5 cm³/mol. The van der Waals surface area contributed by atoms with Crippen LogP contribution in [0.5, 0.6) is 5.75 Å². The van der Waals surface area contributed by atoms with E-state index in [2.05, 4.69) is 4.74 Å². The second-order valence-corrected chi connectivity index (χ2v) is 5.12. The maximum Gasteiger partial charge on any atom is 0.313 e. The Morgan fingerprint density at radius 3 is 2.43 bits per heavy atom. The molecule has 0 aromatic heterocycles. The number of nitro benzene ring substituents is 1. The van der Waals surface area contributed by atoms with Crippen LogP contribution in [0.2, 0.25) is 0 Å². The van der Waals surface area contributed by atoms with Crippen molar-refractivity contribution in [2.75, 3.05) is 7.11 Å². The fourth-order valence-electron chi connectivity index (χ4n) is 1.96. The minimum atomic E-state index is -1.13. The van der Waals surface area contributed by atoms with Crippen molar-refractivity contribution in [1.82, 2.24) is 0 Å². The number of nitro groups is 1. The number of benzene rings is 1. The number of hydrogen-bond acceptors (Lipinski definition) is 6. The van der Waals surface area contributed by atoms with Crippen LogP contribution in [-0.2, 0) is 9.53 Å². The molecule has 0 radical (unpaired) electrons. The average Bonchev–Trinajstić information content (AvgIpc) is 2.36. The second kappa shape index (κ2) is 6.73. The minimum Gasteiger partial charge on any atom is -0.502 e. The van der Waals surface area contributed by atoms with Crippen LogP contribution < -0.4 is 5.73 Å². The van der Waals surface area contributed by atoms with Gasteiger partial charge in [0.25, 0.3) is 0 Å². The SMILES string of the molecule is COC(=O)C(C)(C)[C@@H](N)c1ccc(C)c([N+](=O)[O-])c1O.Cl. The summed E-state index contributed by atoms with van der Waals surface area (Å²) in [6.45, 7) is 4.61. The van der Waals surface area contributed by atoms with Gasteiger partial charge in [0.2, 0.25) is 0 Å². The molecule has 0 bridgehead atoms. The summed E-state index contributed by atoms with van der Waals surface area (Å²) in [6.07, 6.45) is 0. The second-order valence-electron chi connectivity index (χ2n) is 5.12. The molecule has 0 amide bonds. The standard InChI is InChI=1S/C13H18N2O5.ClH/c1-7-5-6-8(10(16)9(7)15(18)19)11(14)13(2,3)12(17)20-4;/h5-6,11,16H,14H2,1-4H3;1H/t11-;/m0./s1. The number of aryl methyl sites for hydroxylation is 1. The molecule has 0 saturated carbocycles. The van der Waals surface area contributed by atoms with Gasteiger partial charge in [-0.25, -0.2) is 0 Å². The zero-order chi connectivity index (χ0) is 15.7. The zero-order valence-electron chi connectivity index (χ0n) is 12.2. The van der Waals surface area contributed by atoms with Gasteiger partial charge in [0.05, 0.1) is 17.4 Å². The number of aromatic hydroxyl groups is 1. The Kier molecular flexibility index (Phi) is 6.13.